The van der Waals surface area contributed by atoms with Gasteiger partial charge in [0.25, 0.3) is 0 Å². The van der Waals surface area contributed by atoms with Crippen molar-refractivity contribution >= 4 is 29.3 Å². The highest BCUT2D eigenvalue weighted by Gasteiger charge is 2.18. The van der Waals surface area contributed by atoms with Crippen molar-refractivity contribution in [1.29, 1.82) is 0 Å². The van der Waals surface area contributed by atoms with Gasteiger partial charge in [-0.05, 0) is 42.8 Å². The molecule has 0 fully saturated rings. The van der Waals surface area contributed by atoms with Crippen LogP contribution in [0.15, 0.2) is 47.4 Å². The van der Waals surface area contributed by atoms with Gasteiger partial charge in [0.15, 0.2) is 11.5 Å². The summed E-state index contributed by atoms with van der Waals surface area (Å²) in [6.45, 7) is 3.14. The first kappa shape index (κ1) is 18.0. The number of benzene rings is 2. The molecular formula is C19H20ClNO3S. The highest BCUT2D eigenvalue weighted by Crippen LogP contribution is 2.34. The van der Waals surface area contributed by atoms with Gasteiger partial charge >= 0.3 is 0 Å². The van der Waals surface area contributed by atoms with Gasteiger partial charge in [-0.2, -0.15) is 0 Å². The number of fused-ring (bicyclic) bond motifs is 1. The van der Waals surface area contributed by atoms with Crippen LogP contribution in [0.2, 0.25) is 5.02 Å². The SMILES string of the molecule is CC(c1ccc(Cl)cc1)N(C)C(=O)CSc1ccc2c(c1)OCCO2. The summed E-state index contributed by atoms with van der Waals surface area (Å²) in [4.78, 5) is 15.3. The molecule has 0 saturated heterocycles. The lowest BCUT2D eigenvalue weighted by molar-refractivity contribution is -0.128. The monoisotopic (exact) mass is 377 g/mol. The number of halogens is 1. The summed E-state index contributed by atoms with van der Waals surface area (Å²) < 4.78 is 11.1. The van der Waals surface area contributed by atoms with E-state index in [1.54, 1.807) is 4.90 Å². The quantitative estimate of drug-likeness (QED) is 0.723. The van der Waals surface area contributed by atoms with E-state index in [9.17, 15) is 4.79 Å². The van der Waals surface area contributed by atoms with E-state index in [1.165, 1.54) is 11.8 Å². The lowest BCUT2D eigenvalue weighted by Gasteiger charge is -2.25. The minimum atomic E-state index is -0.00867. The van der Waals surface area contributed by atoms with E-state index in [0.29, 0.717) is 24.0 Å². The lowest BCUT2D eigenvalue weighted by Crippen LogP contribution is -2.31. The van der Waals surface area contributed by atoms with E-state index in [0.717, 1.165) is 22.0 Å². The van der Waals surface area contributed by atoms with Crippen LogP contribution in [0.3, 0.4) is 0 Å². The molecule has 1 atom stereocenters. The second kappa shape index (κ2) is 8.02. The van der Waals surface area contributed by atoms with E-state index >= 15 is 0 Å². The topological polar surface area (TPSA) is 38.8 Å². The Labute approximate surface area is 157 Å². The van der Waals surface area contributed by atoms with Crippen molar-refractivity contribution in [2.45, 2.75) is 17.9 Å². The molecule has 0 bridgehead atoms. The smallest absolute Gasteiger partial charge is 0.233 e. The van der Waals surface area contributed by atoms with Gasteiger partial charge in [-0.3, -0.25) is 4.79 Å². The van der Waals surface area contributed by atoms with Gasteiger partial charge in [-0.25, -0.2) is 0 Å². The molecule has 1 amide bonds. The number of ether oxygens (including phenoxy) is 2. The van der Waals surface area contributed by atoms with Gasteiger partial charge in [-0.15, -0.1) is 11.8 Å². The first-order valence-electron chi connectivity index (χ1n) is 8.08. The van der Waals surface area contributed by atoms with Crippen LogP contribution in [0, 0.1) is 0 Å². The van der Waals surface area contributed by atoms with Crippen molar-refractivity contribution < 1.29 is 14.3 Å². The Morgan fingerprint density at radius 2 is 1.84 bits per heavy atom. The van der Waals surface area contributed by atoms with Crippen molar-refractivity contribution in [1.82, 2.24) is 4.90 Å². The van der Waals surface area contributed by atoms with Crippen molar-refractivity contribution in [2.24, 2.45) is 0 Å². The number of carbonyl (C=O) groups excluding carboxylic acids is 1. The number of amides is 1. The molecule has 0 aromatic heterocycles. The number of carbonyl (C=O) groups is 1. The summed E-state index contributed by atoms with van der Waals surface area (Å²) in [6.07, 6.45) is 0. The van der Waals surface area contributed by atoms with Crippen LogP contribution in [0.25, 0.3) is 0 Å². The van der Waals surface area contributed by atoms with Crippen LogP contribution in [-0.4, -0.2) is 36.8 Å². The number of hydrogen-bond donors (Lipinski definition) is 0. The van der Waals surface area contributed by atoms with E-state index in [4.69, 9.17) is 21.1 Å². The molecule has 0 spiro atoms. The second-order valence-electron chi connectivity index (χ2n) is 5.83. The van der Waals surface area contributed by atoms with Gasteiger partial charge in [0.05, 0.1) is 11.8 Å². The number of rotatable bonds is 5. The average molecular weight is 378 g/mol. The van der Waals surface area contributed by atoms with Crippen LogP contribution in [0.5, 0.6) is 11.5 Å². The molecular weight excluding hydrogens is 358 g/mol. The fourth-order valence-electron chi connectivity index (χ4n) is 2.54. The molecule has 0 N–H and O–H groups in total. The predicted octanol–water partition coefficient (Wildman–Crippen LogP) is 4.42. The summed E-state index contributed by atoms with van der Waals surface area (Å²) in [5.41, 5.74) is 1.06. The zero-order chi connectivity index (χ0) is 17.8. The maximum Gasteiger partial charge on any atom is 0.233 e. The molecule has 2 aromatic carbocycles. The molecule has 2 aromatic rings. The maximum atomic E-state index is 12.5. The first-order chi connectivity index (χ1) is 12.0. The van der Waals surface area contributed by atoms with Crippen LogP contribution in [0.4, 0.5) is 0 Å². The van der Waals surface area contributed by atoms with Crippen molar-refractivity contribution in [3.05, 3.63) is 53.1 Å². The van der Waals surface area contributed by atoms with Crippen LogP contribution >= 0.6 is 23.4 Å². The standard InChI is InChI=1S/C19H20ClNO3S/c1-13(14-3-5-15(20)6-4-14)21(2)19(22)12-25-16-7-8-17-18(11-16)24-10-9-23-17/h3-8,11,13H,9-10,12H2,1-2H3. The Kier molecular flexibility index (Phi) is 5.76. The molecule has 6 heteroatoms. The van der Waals surface area contributed by atoms with Crippen molar-refractivity contribution in [2.75, 3.05) is 26.0 Å². The maximum absolute atomic E-state index is 12.5. The molecule has 132 valence electrons. The fraction of sp³-hybridized carbons (Fsp3) is 0.316. The number of thioether (sulfide) groups is 1. The normalized spacial score (nSPS) is 14.0. The van der Waals surface area contributed by atoms with Crippen LogP contribution in [-0.2, 0) is 4.79 Å². The van der Waals surface area contributed by atoms with Crippen molar-refractivity contribution in [3.63, 3.8) is 0 Å². The zero-order valence-electron chi connectivity index (χ0n) is 14.2. The van der Waals surface area contributed by atoms with E-state index in [1.807, 2.05) is 56.4 Å². The number of nitrogens with zero attached hydrogens (tertiary/aromatic N) is 1. The number of hydrogen-bond acceptors (Lipinski definition) is 4. The molecule has 1 aliphatic rings. The largest absolute Gasteiger partial charge is 0.486 e. The highest BCUT2D eigenvalue weighted by atomic mass is 35.5. The minimum absolute atomic E-state index is 0.00867. The molecule has 0 radical (unpaired) electrons. The Morgan fingerprint density at radius 3 is 2.56 bits per heavy atom. The van der Waals surface area contributed by atoms with E-state index in [-0.39, 0.29) is 11.9 Å². The third-order valence-corrected chi connectivity index (χ3v) is 5.43. The minimum Gasteiger partial charge on any atom is -0.486 e. The Balaban J connectivity index is 1.59. The van der Waals surface area contributed by atoms with Crippen LogP contribution in [0.1, 0.15) is 18.5 Å². The predicted molar refractivity (Wildman–Crippen MR) is 101 cm³/mol. The molecule has 1 aliphatic heterocycles. The van der Waals surface area contributed by atoms with Crippen LogP contribution < -0.4 is 9.47 Å². The Morgan fingerprint density at radius 1 is 1.16 bits per heavy atom. The molecule has 0 saturated carbocycles. The molecule has 1 unspecified atom stereocenters. The summed E-state index contributed by atoms with van der Waals surface area (Å²) in [6, 6.07) is 13.3. The summed E-state index contributed by atoms with van der Waals surface area (Å²) in [7, 11) is 1.83. The van der Waals surface area contributed by atoms with E-state index < -0.39 is 0 Å². The summed E-state index contributed by atoms with van der Waals surface area (Å²) in [5.74, 6) is 1.94. The summed E-state index contributed by atoms with van der Waals surface area (Å²) in [5, 5.41) is 0.694. The van der Waals surface area contributed by atoms with Gasteiger partial charge in [-0.1, -0.05) is 23.7 Å². The molecule has 3 rings (SSSR count). The van der Waals surface area contributed by atoms with E-state index in [2.05, 4.69) is 0 Å². The molecule has 25 heavy (non-hydrogen) atoms. The van der Waals surface area contributed by atoms with Gasteiger partial charge in [0.1, 0.15) is 13.2 Å². The first-order valence-corrected chi connectivity index (χ1v) is 9.44. The Bertz CT molecular complexity index is 751. The second-order valence-corrected chi connectivity index (χ2v) is 7.31. The Hall–Kier alpha value is -1.85. The summed E-state index contributed by atoms with van der Waals surface area (Å²) >= 11 is 7.42. The highest BCUT2D eigenvalue weighted by molar-refractivity contribution is 8.00. The lowest BCUT2D eigenvalue weighted by atomic mass is 10.1. The molecule has 1 heterocycles. The molecule has 0 aliphatic carbocycles. The van der Waals surface area contributed by atoms with Gasteiger partial charge in [0, 0.05) is 17.0 Å². The third-order valence-electron chi connectivity index (χ3n) is 4.20. The van der Waals surface area contributed by atoms with Gasteiger partial charge in [0.2, 0.25) is 5.91 Å². The fourth-order valence-corrected chi connectivity index (χ4v) is 3.52. The zero-order valence-corrected chi connectivity index (χ0v) is 15.8. The van der Waals surface area contributed by atoms with Gasteiger partial charge < -0.3 is 14.4 Å². The average Bonchev–Trinajstić information content (AvgIpc) is 2.65. The third kappa shape index (κ3) is 4.41. The van der Waals surface area contributed by atoms with Crippen molar-refractivity contribution in [3.8, 4) is 11.5 Å². The molecule has 4 nitrogen and oxygen atoms in total.